The van der Waals surface area contributed by atoms with Gasteiger partial charge in [0, 0.05) is 31.8 Å². The van der Waals surface area contributed by atoms with Gasteiger partial charge in [-0.15, -0.1) is 0 Å². The molecule has 1 heterocycles. The van der Waals surface area contributed by atoms with E-state index in [0.717, 1.165) is 27.8 Å². The highest BCUT2D eigenvalue weighted by atomic mass is 16.5. The normalized spacial score (nSPS) is 13.9. The van der Waals surface area contributed by atoms with Crippen LogP contribution < -0.4 is 5.32 Å². The average molecular weight is 477 g/mol. The molecule has 1 aliphatic rings. The Kier molecular flexibility index (Phi) is 6.86. The summed E-state index contributed by atoms with van der Waals surface area (Å²) in [4.78, 5) is 38.6. The van der Waals surface area contributed by atoms with E-state index in [1.54, 1.807) is 38.1 Å². The van der Waals surface area contributed by atoms with Gasteiger partial charge in [-0.1, -0.05) is 48.5 Å². The van der Waals surface area contributed by atoms with Gasteiger partial charge >= 0.3 is 12.1 Å². The summed E-state index contributed by atoms with van der Waals surface area (Å²) in [7, 11) is 3.33. The lowest BCUT2D eigenvalue weighted by molar-refractivity contribution is -0.142. The number of alkyl carbamates (subject to hydrolysis) is 1. The standard InChI is InChI=1S/C26H28N4O5/c1-16(17-13-27-29(2)14-17)30(3)25(33)23(12-24(31)32)28-26(34)35-15-22-20-10-6-4-8-18(20)19-9-5-7-11-21(19)22/h4-11,13-14,16,22-23H,12,15H2,1-3H3,(H,28,34)(H,31,32). The summed E-state index contributed by atoms with van der Waals surface area (Å²) in [6.07, 6.45) is 2.01. The molecule has 9 heteroatoms. The molecule has 0 spiro atoms. The van der Waals surface area contributed by atoms with Gasteiger partial charge in [0.05, 0.1) is 18.7 Å². The molecule has 2 atom stereocenters. The van der Waals surface area contributed by atoms with Crippen LogP contribution in [0.5, 0.6) is 0 Å². The SMILES string of the molecule is CC(c1cnn(C)c1)N(C)C(=O)C(CC(=O)O)NC(=O)OCC1c2ccccc2-c2ccccc21. The minimum atomic E-state index is -1.27. The maximum Gasteiger partial charge on any atom is 0.407 e. The molecule has 0 aliphatic heterocycles. The minimum absolute atomic E-state index is 0.0652. The zero-order chi connectivity index (χ0) is 25.1. The van der Waals surface area contributed by atoms with Gasteiger partial charge in [0.15, 0.2) is 0 Å². The Labute approximate surface area is 203 Å². The van der Waals surface area contributed by atoms with Gasteiger partial charge in [-0.25, -0.2) is 4.79 Å². The molecule has 2 aromatic carbocycles. The number of benzene rings is 2. The Morgan fingerprint density at radius 3 is 2.26 bits per heavy atom. The molecule has 9 nitrogen and oxygen atoms in total. The monoisotopic (exact) mass is 476 g/mol. The van der Waals surface area contributed by atoms with E-state index in [-0.39, 0.29) is 18.6 Å². The number of hydrogen-bond acceptors (Lipinski definition) is 5. The van der Waals surface area contributed by atoms with Gasteiger partial charge in [-0.2, -0.15) is 5.10 Å². The van der Waals surface area contributed by atoms with E-state index in [9.17, 15) is 19.5 Å². The number of hydrogen-bond donors (Lipinski definition) is 2. The van der Waals surface area contributed by atoms with E-state index < -0.39 is 30.4 Å². The number of fused-ring (bicyclic) bond motifs is 3. The molecule has 35 heavy (non-hydrogen) atoms. The number of rotatable bonds is 8. The molecule has 0 fully saturated rings. The predicted octanol–water partition coefficient (Wildman–Crippen LogP) is 3.32. The third-order valence-corrected chi connectivity index (χ3v) is 6.45. The predicted molar refractivity (Wildman–Crippen MR) is 129 cm³/mol. The molecular weight excluding hydrogens is 448 g/mol. The highest BCUT2D eigenvalue weighted by Crippen LogP contribution is 2.44. The lowest BCUT2D eigenvalue weighted by atomic mass is 9.98. The summed E-state index contributed by atoms with van der Waals surface area (Å²) < 4.78 is 7.12. The molecular formula is C26H28N4O5. The Bertz CT molecular complexity index is 1210. The Balaban J connectivity index is 1.44. The van der Waals surface area contributed by atoms with Crippen LogP contribution in [0.1, 0.15) is 42.0 Å². The van der Waals surface area contributed by atoms with Crippen molar-refractivity contribution in [3.8, 4) is 11.1 Å². The van der Waals surface area contributed by atoms with Gasteiger partial charge in [0.25, 0.3) is 0 Å². The second-order valence-corrected chi connectivity index (χ2v) is 8.69. The number of aryl methyl sites for hydroxylation is 1. The van der Waals surface area contributed by atoms with E-state index in [4.69, 9.17) is 4.74 Å². The average Bonchev–Trinajstić information content (AvgIpc) is 3.42. The molecule has 3 aromatic rings. The summed E-state index contributed by atoms with van der Waals surface area (Å²) in [5.74, 6) is -1.88. The molecule has 0 saturated heterocycles. The quantitative estimate of drug-likeness (QED) is 0.516. The summed E-state index contributed by atoms with van der Waals surface area (Å²) in [6.45, 7) is 1.87. The summed E-state index contributed by atoms with van der Waals surface area (Å²) >= 11 is 0. The highest BCUT2D eigenvalue weighted by Gasteiger charge is 2.32. The van der Waals surface area contributed by atoms with Crippen molar-refractivity contribution in [2.75, 3.05) is 13.7 Å². The topological polar surface area (TPSA) is 114 Å². The van der Waals surface area contributed by atoms with E-state index in [0.29, 0.717) is 0 Å². The van der Waals surface area contributed by atoms with Crippen molar-refractivity contribution in [3.05, 3.63) is 77.6 Å². The number of nitrogens with one attached hydrogen (secondary N) is 1. The lowest BCUT2D eigenvalue weighted by Crippen LogP contribution is -2.49. The van der Waals surface area contributed by atoms with Crippen LogP contribution in [0.15, 0.2) is 60.9 Å². The van der Waals surface area contributed by atoms with Crippen LogP contribution in [0.3, 0.4) is 0 Å². The maximum absolute atomic E-state index is 13.1. The van der Waals surface area contributed by atoms with Crippen LogP contribution in [0, 0.1) is 0 Å². The van der Waals surface area contributed by atoms with Crippen molar-refractivity contribution in [2.24, 2.45) is 7.05 Å². The second-order valence-electron chi connectivity index (χ2n) is 8.69. The van der Waals surface area contributed by atoms with Gasteiger partial charge in [0.1, 0.15) is 12.6 Å². The van der Waals surface area contributed by atoms with Crippen LogP contribution in [-0.2, 0) is 21.4 Å². The Hall–Kier alpha value is -4.14. The fraction of sp³-hybridized carbons (Fsp3) is 0.308. The van der Waals surface area contributed by atoms with Crippen molar-refractivity contribution in [3.63, 3.8) is 0 Å². The van der Waals surface area contributed by atoms with Gasteiger partial charge < -0.3 is 20.1 Å². The number of carboxylic acid groups (broad SMARTS) is 1. The number of amides is 2. The van der Waals surface area contributed by atoms with Gasteiger partial charge in [0.2, 0.25) is 5.91 Å². The van der Waals surface area contributed by atoms with E-state index in [1.165, 1.54) is 4.90 Å². The Morgan fingerprint density at radius 2 is 1.71 bits per heavy atom. The minimum Gasteiger partial charge on any atom is -0.481 e. The first-order valence-corrected chi connectivity index (χ1v) is 11.3. The van der Waals surface area contributed by atoms with Crippen molar-refractivity contribution in [1.29, 1.82) is 0 Å². The highest BCUT2D eigenvalue weighted by molar-refractivity contribution is 5.89. The first-order valence-electron chi connectivity index (χ1n) is 11.3. The molecule has 182 valence electrons. The number of nitrogens with zero attached hydrogens (tertiary/aromatic N) is 3. The molecule has 1 aromatic heterocycles. The molecule has 1 aliphatic carbocycles. The maximum atomic E-state index is 13.1. The fourth-order valence-electron chi connectivity index (χ4n) is 4.47. The number of carbonyl (C=O) groups is 3. The van der Waals surface area contributed by atoms with Crippen molar-refractivity contribution >= 4 is 18.0 Å². The summed E-state index contributed by atoms with van der Waals surface area (Å²) in [5.41, 5.74) is 5.11. The van der Waals surface area contributed by atoms with Gasteiger partial charge in [-0.3, -0.25) is 14.3 Å². The van der Waals surface area contributed by atoms with Crippen LogP contribution in [0.4, 0.5) is 4.79 Å². The molecule has 2 amide bonds. The number of carboxylic acids is 1. The van der Waals surface area contributed by atoms with Crippen LogP contribution >= 0.6 is 0 Å². The largest absolute Gasteiger partial charge is 0.481 e. The smallest absolute Gasteiger partial charge is 0.407 e. The lowest BCUT2D eigenvalue weighted by Gasteiger charge is -2.28. The third kappa shape index (κ3) is 5.03. The van der Waals surface area contributed by atoms with Crippen LogP contribution in [0.2, 0.25) is 0 Å². The first kappa shape index (κ1) is 24.0. The molecule has 2 N–H and O–H groups in total. The third-order valence-electron chi connectivity index (χ3n) is 6.45. The van der Waals surface area contributed by atoms with E-state index in [2.05, 4.69) is 10.4 Å². The molecule has 0 radical (unpaired) electrons. The summed E-state index contributed by atoms with van der Waals surface area (Å²) in [5, 5.41) is 15.9. The number of ether oxygens (including phenoxy) is 1. The van der Waals surface area contributed by atoms with E-state index >= 15 is 0 Å². The zero-order valence-electron chi connectivity index (χ0n) is 19.8. The number of likely N-dealkylation sites (N-methyl/N-ethyl adjacent to an activating group) is 1. The zero-order valence-corrected chi connectivity index (χ0v) is 19.8. The van der Waals surface area contributed by atoms with Crippen LogP contribution in [-0.4, -0.2) is 57.5 Å². The first-order chi connectivity index (χ1) is 16.8. The number of aromatic nitrogens is 2. The second kappa shape index (κ2) is 10.0. The van der Waals surface area contributed by atoms with Crippen molar-refractivity contribution < 1.29 is 24.2 Å². The van der Waals surface area contributed by atoms with Crippen molar-refractivity contribution in [2.45, 2.75) is 31.3 Å². The number of carbonyl (C=O) groups excluding carboxylic acids is 2. The molecule has 2 unspecified atom stereocenters. The van der Waals surface area contributed by atoms with Gasteiger partial charge in [-0.05, 0) is 29.2 Å². The van der Waals surface area contributed by atoms with Crippen molar-refractivity contribution in [1.82, 2.24) is 20.0 Å². The molecule has 0 saturated carbocycles. The fourth-order valence-corrected chi connectivity index (χ4v) is 4.47. The number of aliphatic carboxylic acids is 1. The molecule has 4 rings (SSSR count). The Morgan fingerprint density at radius 1 is 1.11 bits per heavy atom. The van der Waals surface area contributed by atoms with Crippen LogP contribution in [0.25, 0.3) is 11.1 Å². The van der Waals surface area contributed by atoms with E-state index in [1.807, 2.05) is 48.5 Å². The molecule has 0 bridgehead atoms. The summed E-state index contributed by atoms with van der Waals surface area (Å²) in [6, 6.07) is 14.3.